The second-order valence-electron chi connectivity index (χ2n) is 7.95. The van der Waals surface area contributed by atoms with Crippen LogP contribution in [0.4, 0.5) is 29.3 Å². The van der Waals surface area contributed by atoms with Crippen LogP contribution in [0, 0.1) is 18.3 Å². The summed E-state index contributed by atoms with van der Waals surface area (Å²) in [5.74, 6) is 0.370. The van der Waals surface area contributed by atoms with Crippen LogP contribution in [0.2, 0.25) is 0 Å². The minimum atomic E-state index is -4.71. The average molecular weight is 443 g/mol. The van der Waals surface area contributed by atoms with Gasteiger partial charge in [0.1, 0.15) is 5.75 Å². The van der Waals surface area contributed by atoms with Gasteiger partial charge in [-0.3, -0.25) is 14.6 Å². The number of urea groups is 1. The molecule has 2 amide bonds. The highest BCUT2D eigenvalue weighted by molar-refractivity contribution is 6.07. The molecule has 2 fully saturated rings. The number of halogens is 3. The second kappa shape index (κ2) is 8.19. The van der Waals surface area contributed by atoms with Gasteiger partial charge in [0.2, 0.25) is 0 Å². The van der Waals surface area contributed by atoms with Crippen molar-refractivity contribution in [3.8, 4) is 11.8 Å². The number of hydrogen-bond donors (Lipinski definition) is 0. The third-order valence-electron chi connectivity index (χ3n) is 6.09. The Kier molecular flexibility index (Phi) is 5.55. The number of nitrogens with zero attached hydrogens (tertiary/aromatic N) is 3. The summed E-state index contributed by atoms with van der Waals surface area (Å²) >= 11 is 0. The molecule has 0 radical (unpaired) electrons. The number of fused-ring (bicyclic) bond motifs is 1. The lowest BCUT2D eigenvalue weighted by atomic mass is 9.89. The third-order valence-corrected chi connectivity index (χ3v) is 6.09. The normalized spacial score (nSPS) is 20.7. The monoisotopic (exact) mass is 443 g/mol. The maximum Gasteiger partial charge on any atom is 0.417 e. The standard InChI is InChI=1S/C23H20F3N3O3/c1-14-10-16(8-9-21(14)32-13-30)28-19-4-2-3-5-20(19)29(22(28)31)17-7-6-15(12-27)18(11-17)23(24,25)26/h6-11,13,19-20H,2-5H2,1H3/t19-,20-/m0/s1. The zero-order valence-electron chi connectivity index (χ0n) is 17.2. The molecule has 1 heterocycles. The van der Waals surface area contributed by atoms with Crippen molar-refractivity contribution in [3.05, 3.63) is 53.1 Å². The van der Waals surface area contributed by atoms with Gasteiger partial charge < -0.3 is 4.74 Å². The fourth-order valence-electron chi connectivity index (χ4n) is 4.68. The summed E-state index contributed by atoms with van der Waals surface area (Å²) in [7, 11) is 0. The van der Waals surface area contributed by atoms with E-state index >= 15 is 0 Å². The van der Waals surface area contributed by atoms with E-state index in [1.165, 1.54) is 11.0 Å². The van der Waals surface area contributed by atoms with Crippen molar-refractivity contribution in [1.29, 1.82) is 5.26 Å². The molecule has 1 aliphatic heterocycles. The Bertz CT molecular complexity index is 1110. The van der Waals surface area contributed by atoms with Crippen LogP contribution < -0.4 is 14.5 Å². The van der Waals surface area contributed by atoms with E-state index < -0.39 is 23.3 Å². The first kappa shape index (κ1) is 21.7. The molecule has 32 heavy (non-hydrogen) atoms. The van der Waals surface area contributed by atoms with E-state index in [1.54, 1.807) is 36.1 Å². The van der Waals surface area contributed by atoms with Gasteiger partial charge in [0, 0.05) is 11.4 Å². The molecule has 2 aromatic carbocycles. The number of benzene rings is 2. The number of hydrogen-bond acceptors (Lipinski definition) is 4. The molecule has 0 spiro atoms. The Labute approximate surface area is 182 Å². The van der Waals surface area contributed by atoms with Crippen molar-refractivity contribution in [2.75, 3.05) is 9.80 Å². The van der Waals surface area contributed by atoms with Crippen molar-refractivity contribution >= 4 is 23.9 Å². The fraction of sp³-hybridized carbons (Fsp3) is 0.348. The molecule has 0 N–H and O–H groups in total. The molecule has 0 bridgehead atoms. The Morgan fingerprint density at radius 3 is 2.19 bits per heavy atom. The molecule has 1 saturated carbocycles. The SMILES string of the molecule is Cc1cc(N2C(=O)N(c3ccc(C#N)c(C(F)(F)F)c3)[C@H]3CCCC[C@@H]32)ccc1OC=O. The van der Waals surface area contributed by atoms with E-state index in [1.807, 2.05) is 0 Å². The highest BCUT2D eigenvalue weighted by atomic mass is 19.4. The third kappa shape index (κ3) is 3.66. The predicted molar refractivity (Wildman–Crippen MR) is 110 cm³/mol. The zero-order chi connectivity index (χ0) is 23.0. The number of rotatable bonds is 4. The topological polar surface area (TPSA) is 73.6 Å². The molecule has 4 rings (SSSR count). The molecule has 2 aliphatic rings. The number of aryl methyl sites for hydroxylation is 1. The van der Waals surface area contributed by atoms with Crippen LogP contribution in [-0.4, -0.2) is 24.6 Å². The van der Waals surface area contributed by atoms with E-state index in [0.717, 1.165) is 31.4 Å². The molecular weight excluding hydrogens is 423 g/mol. The smallest absolute Gasteiger partial charge is 0.417 e. The largest absolute Gasteiger partial charge is 0.428 e. The number of nitriles is 1. The van der Waals surface area contributed by atoms with Crippen LogP contribution in [0.5, 0.6) is 5.75 Å². The molecule has 166 valence electrons. The van der Waals surface area contributed by atoms with Gasteiger partial charge >= 0.3 is 12.2 Å². The van der Waals surface area contributed by atoms with Crippen LogP contribution in [0.1, 0.15) is 42.4 Å². The Morgan fingerprint density at radius 1 is 1.06 bits per heavy atom. The van der Waals surface area contributed by atoms with Crippen LogP contribution >= 0.6 is 0 Å². The summed E-state index contributed by atoms with van der Waals surface area (Å²) in [5, 5.41) is 9.08. The Morgan fingerprint density at radius 2 is 1.66 bits per heavy atom. The van der Waals surface area contributed by atoms with E-state index in [0.29, 0.717) is 29.9 Å². The van der Waals surface area contributed by atoms with Gasteiger partial charge in [-0.25, -0.2) is 4.79 Å². The maximum atomic E-state index is 13.5. The van der Waals surface area contributed by atoms with Crippen molar-refractivity contribution in [2.45, 2.75) is 50.9 Å². The Hall–Kier alpha value is -3.54. The van der Waals surface area contributed by atoms with E-state index in [4.69, 9.17) is 10.00 Å². The van der Waals surface area contributed by atoms with E-state index in [2.05, 4.69) is 0 Å². The maximum absolute atomic E-state index is 13.5. The van der Waals surface area contributed by atoms with E-state index in [-0.39, 0.29) is 17.8 Å². The van der Waals surface area contributed by atoms with Gasteiger partial charge in [-0.15, -0.1) is 0 Å². The van der Waals surface area contributed by atoms with Crippen molar-refractivity contribution in [3.63, 3.8) is 0 Å². The quantitative estimate of drug-likeness (QED) is 0.611. The van der Waals surface area contributed by atoms with Crippen LogP contribution in [0.25, 0.3) is 0 Å². The first-order valence-corrected chi connectivity index (χ1v) is 10.2. The summed E-state index contributed by atoms with van der Waals surface area (Å²) in [6.45, 7) is 2.07. The van der Waals surface area contributed by atoms with Crippen molar-refractivity contribution < 1.29 is 27.5 Å². The lowest BCUT2D eigenvalue weighted by molar-refractivity contribution is -0.137. The van der Waals surface area contributed by atoms with Crippen molar-refractivity contribution in [1.82, 2.24) is 0 Å². The lowest BCUT2D eigenvalue weighted by Gasteiger charge is -2.32. The van der Waals surface area contributed by atoms with Crippen LogP contribution in [0.15, 0.2) is 36.4 Å². The molecule has 2 atom stereocenters. The summed E-state index contributed by atoms with van der Waals surface area (Å²) in [6, 6.07) is 9.07. The number of anilines is 2. The van der Waals surface area contributed by atoms with Crippen LogP contribution in [-0.2, 0) is 11.0 Å². The average Bonchev–Trinajstić information content (AvgIpc) is 3.06. The molecule has 2 aromatic rings. The van der Waals surface area contributed by atoms with Gasteiger partial charge in [0.25, 0.3) is 6.47 Å². The first-order valence-electron chi connectivity index (χ1n) is 10.2. The number of carbonyl (C=O) groups excluding carboxylic acids is 2. The highest BCUT2D eigenvalue weighted by Crippen LogP contribution is 2.42. The predicted octanol–water partition coefficient (Wildman–Crippen LogP) is 5.18. The second-order valence-corrected chi connectivity index (χ2v) is 7.95. The summed E-state index contributed by atoms with van der Waals surface area (Å²) in [5.41, 5.74) is -0.159. The van der Waals surface area contributed by atoms with Gasteiger partial charge in [0.15, 0.2) is 0 Å². The highest BCUT2D eigenvalue weighted by Gasteiger charge is 2.48. The summed E-state index contributed by atoms with van der Waals surface area (Å²) in [4.78, 5) is 27.2. The molecule has 0 aromatic heterocycles. The zero-order valence-corrected chi connectivity index (χ0v) is 17.2. The molecule has 1 aliphatic carbocycles. The number of alkyl halides is 3. The fourth-order valence-corrected chi connectivity index (χ4v) is 4.68. The molecule has 0 unspecified atom stereocenters. The molecule has 6 nitrogen and oxygen atoms in total. The van der Waals surface area contributed by atoms with Crippen LogP contribution in [0.3, 0.4) is 0 Å². The molecule has 1 saturated heterocycles. The van der Waals surface area contributed by atoms with Gasteiger partial charge in [-0.2, -0.15) is 18.4 Å². The molecular formula is C23H20F3N3O3. The lowest BCUT2D eigenvalue weighted by Crippen LogP contribution is -2.40. The van der Waals surface area contributed by atoms with Gasteiger partial charge in [0.05, 0.1) is 29.3 Å². The van der Waals surface area contributed by atoms with Crippen molar-refractivity contribution in [2.24, 2.45) is 0 Å². The molecule has 9 heteroatoms. The van der Waals surface area contributed by atoms with Gasteiger partial charge in [-0.05, 0) is 61.7 Å². The number of carbonyl (C=O) groups is 2. The summed E-state index contributed by atoms with van der Waals surface area (Å²) < 4.78 is 45.5. The number of ether oxygens (including phenoxy) is 1. The van der Waals surface area contributed by atoms with E-state index in [9.17, 15) is 22.8 Å². The minimum absolute atomic E-state index is 0.123. The number of amides is 2. The Balaban J connectivity index is 1.77. The van der Waals surface area contributed by atoms with Gasteiger partial charge in [-0.1, -0.05) is 12.8 Å². The first-order chi connectivity index (χ1) is 15.3. The summed E-state index contributed by atoms with van der Waals surface area (Å²) in [6.07, 6.45) is -1.54. The minimum Gasteiger partial charge on any atom is -0.428 e.